The standard InChI is InChI=1S/C10H17F5/c1-5-7(6-2)10(14,15)8(3,11)9(4,12)13/h7H,5-6H2,1-4H3. The van der Waals surface area contributed by atoms with E-state index in [0.717, 1.165) is 0 Å². The van der Waals surface area contributed by atoms with Crippen LogP contribution in [-0.4, -0.2) is 17.5 Å². The van der Waals surface area contributed by atoms with Crippen molar-refractivity contribution in [3.8, 4) is 0 Å². The normalized spacial score (nSPS) is 18.0. The first-order valence-corrected chi connectivity index (χ1v) is 4.96. The predicted molar refractivity (Wildman–Crippen MR) is 49.2 cm³/mol. The first kappa shape index (κ1) is 14.6. The summed E-state index contributed by atoms with van der Waals surface area (Å²) in [7, 11) is 0. The van der Waals surface area contributed by atoms with Crippen LogP contribution >= 0.6 is 0 Å². The van der Waals surface area contributed by atoms with Gasteiger partial charge in [-0.1, -0.05) is 13.8 Å². The Bertz CT molecular complexity index is 200. The average Bonchev–Trinajstić information content (AvgIpc) is 2.03. The largest absolute Gasteiger partial charge is 0.289 e. The van der Waals surface area contributed by atoms with Gasteiger partial charge in [-0.15, -0.1) is 0 Å². The van der Waals surface area contributed by atoms with E-state index in [-0.39, 0.29) is 26.7 Å². The number of alkyl halides is 5. The van der Waals surface area contributed by atoms with Crippen LogP contribution in [-0.2, 0) is 0 Å². The van der Waals surface area contributed by atoms with Crippen molar-refractivity contribution < 1.29 is 22.0 Å². The zero-order valence-corrected chi connectivity index (χ0v) is 9.38. The maximum atomic E-state index is 13.5. The summed E-state index contributed by atoms with van der Waals surface area (Å²) in [4.78, 5) is 0. The molecule has 0 fully saturated rings. The van der Waals surface area contributed by atoms with Crippen LogP contribution in [0.4, 0.5) is 22.0 Å². The van der Waals surface area contributed by atoms with Crippen LogP contribution in [0, 0.1) is 5.92 Å². The van der Waals surface area contributed by atoms with Gasteiger partial charge in [0.1, 0.15) is 0 Å². The van der Waals surface area contributed by atoms with Gasteiger partial charge in [0.25, 0.3) is 11.8 Å². The van der Waals surface area contributed by atoms with E-state index in [1.165, 1.54) is 13.8 Å². The summed E-state index contributed by atoms with van der Waals surface area (Å²) in [6.07, 6.45) is -0.0574. The van der Waals surface area contributed by atoms with E-state index in [1.807, 2.05) is 0 Å². The van der Waals surface area contributed by atoms with Crippen molar-refractivity contribution in [2.75, 3.05) is 0 Å². The van der Waals surface area contributed by atoms with Crippen LogP contribution < -0.4 is 0 Å². The molecule has 0 aliphatic heterocycles. The Morgan fingerprint density at radius 3 is 1.40 bits per heavy atom. The number of rotatable bonds is 5. The SMILES string of the molecule is CCC(CC)C(F)(F)C(C)(F)C(C)(F)F. The second-order valence-electron chi connectivity index (χ2n) is 4.03. The van der Waals surface area contributed by atoms with Gasteiger partial charge in [-0.3, -0.25) is 0 Å². The van der Waals surface area contributed by atoms with Gasteiger partial charge >= 0.3 is 0 Å². The summed E-state index contributed by atoms with van der Waals surface area (Å²) >= 11 is 0. The van der Waals surface area contributed by atoms with Gasteiger partial charge in [0.15, 0.2) is 0 Å². The molecule has 1 unspecified atom stereocenters. The molecule has 1 atom stereocenters. The molecule has 0 saturated carbocycles. The van der Waals surface area contributed by atoms with E-state index >= 15 is 0 Å². The highest BCUT2D eigenvalue weighted by atomic mass is 19.3. The molecule has 0 bridgehead atoms. The molecule has 0 heterocycles. The number of hydrogen-bond acceptors (Lipinski definition) is 0. The molecular weight excluding hydrogens is 215 g/mol. The summed E-state index contributed by atoms with van der Waals surface area (Å²) in [5, 5.41) is 0. The molecule has 0 saturated heterocycles. The summed E-state index contributed by atoms with van der Waals surface area (Å²) in [5.74, 6) is -9.44. The quantitative estimate of drug-likeness (QED) is 0.614. The Kier molecular flexibility index (Phi) is 4.16. The molecule has 0 radical (unpaired) electrons. The minimum atomic E-state index is -4.06. The van der Waals surface area contributed by atoms with Gasteiger partial charge < -0.3 is 0 Å². The van der Waals surface area contributed by atoms with Gasteiger partial charge in [-0.2, -0.15) is 0 Å². The lowest BCUT2D eigenvalue weighted by molar-refractivity contribution is -0.253. The number of halogens is 5. The maximum absolute atomic E-state index is 13.5. The average molecular weight is 232 g/mol. The zero-order valence-electron chi connectivity index (χ0n) is 9.38. The highest BCUT2D eigenvalue weighted by Gasteiger charge is 2.66. The van der Waals surface area contributed by atoms with Crippen LogP contribution in [0.25, 0.3) is 0 Å². The Balaban J connectivity index is 5.16. The van der Waals surface area contributed by atoms with Crippen LogP contribution in [0.5, 0.6) is 0 Å². The second-order valence-corrected chi connectivity index (χ2v) is 4.03. The molecule has 0 aliphatic rings. The summed E-state index contributed by atoms with van der Waals surface area (Å²) in [5.41, 5.74) is -3.81. The van der Waals surface area contributed by atoms with Gasteiger partial charge in [-0.05, 0) is 19.8 Å². The molecule has 0 N–H and O–H groups in total. The fourth-order valence-electron chi connectivity index (χ4n) is 1.48. The molecule has 0 spiro atoms. The molecule has 5 heteroatoms. The lowest BCUT2D eigenvalue weighted by Gasteiger charge is -2.38. The van der Waals surface area contributed by atoms with E-state index in [4.69, 9.17) is 0 Å². The van der Waals surface area contributed by atoms with Gasteiger partial charge in [0.2, 0.25) is 5.67 Å². The minimum Gasteiger partial charge on any atom is -0.231 e. The lowest BCUT2D eigenvalue weighted by Crippen LogP contribution is -2.57. The molecule has 0 nitrogen and oxygen atoms in total. The Hall–Kier alpha value is -0.350. The van der Waals surface area contributed by atoms with Gasteiger partial charge in [0, 0.05) is 12.8 Å². The van der Waals surface area contributed by atoms with Gasteiger partial charge in [-0.25, -0.2) is 22.0 Å². The molecule has 0 aromatic rings. The molecule has 92 valence electrons. The van der Waals surface area contributed by atoms with Crippen molar-refractivity contribution in [1.29, 1.82) is 0 Å². The summed E-state index contributed by atoms with van der Waals surface area (Å²) in [6.45, 7) is 3.33. The van der Waals surface area contributed by atoms with Gasteiger partial charge in [0.05, 0.1) is 0 Å². The third kappa shape index (κ3) is 2.42. The lowest BCUT2D eigenvalue weighted by atomic mass is 9.82. The first-order chi connectivity index (χ1) is 6.52. The Morgan fingerprint density at radius 1 is 0.867 bits per heavy atom. The fraction of sp³-hybridized carbons (Fsp3) is 1.00. The van der Waals surface area contributed by atoms with Crippen molar-refractivity contribution in [2.45, 2.75) is 58.1 Å². The molecule has 0 amide bonds. The van der Waals surface area contributed by atoms with Crippen LogP contribution in [0.1, 0.15) is 40.5 Å². The van der Waals surface area contributed by atoms with Crippen LogP contribution in [0.15, 0.2) is 0 Å². The van der Waals surface area contributed by atoms with E-state index in [1.54, 1.807) is 0 Å². The second kappa shape index (κ2) is 4.26. The molecule has 0 aromatic heterocycles. The third-order valence-electron chi connectivity index (χ3n) is 2.95. The fourth-order valence-corrected chi connectivity index (χ4v) is 1.48. The molecular formula is C10H17F5. The Labute approximate surface area is 86.9 Å². The van der Waals surface area contributed by atoms with E-state index < -0.39 is 23.4 Å². The molecule has 0 aromatic carbocycles. The highest BCUT2D eigenvalue weighted by molar-refractivity contribution is 5.01. The van der Waals surface area contributed by atoms with Crippen molar-refractivity contribution in [3.63, 3.8) is 0 Å². The maximum Gasteiger partial charge on any atom is 0.289 e. The number of hydrogen-bond donors (Lipinski definition) is 0. The van der Waals surface area contributed by atoms with Crippen molar-refractivity contribution >= 4 is 0 Å². The van der Waals surface area contributed by atoms with Crippen molar-refractivity contribution in [1.82, 2.24) is 0 Å². The predicted octanol–water partition coefficient (Wildman–Crippen LogP) is 4.44. The van der Waals surface area contributed by atoms with Crippen molar-refractivity contribution in [3.05, 3.63) is 0 Å². The minimum absolute atomic E-state index is 0.0287. The van der Waals surface area contributed by atoms with Crippen molar-refractivity contribution in [2.24, 2.45) is 5.92 Å². The summed E-state index contributed by atoms with van der Waals surface area (Å²) < 4.78 is 66.1. The Morgan fingerprint density at radius 2 is 1.20 bits per heavy atom. The van der Waals surface area contributed by atoms with Crippen LogP contribution in [0.3, 0.4) is 0 Å². The smallest absolute Gasteiger partial charge is 0.231 e. The molecule has 0 rings (SSSR count). The van der Waals surface area contributed by atoms with E-state index in [0.29, 0.717) is 0 Å². The third-order valence-corrected chi connectivity index (χ3v) is 2.95. The summed E-state index contributed by atoms with van der Waals surface area (Å²) in [6, 6.07) is 0. The van der Waals surface area contributed by atoms with E-state index in [2.05, 4.69) is 0 Å². The topological polar surface area (TPSA) is 0 Å². The van der Waals surface area contributed by atoms with Crippen LogP contribution in [0.2, 0.25) is 0 Å². The molecule has 15 heavy (non-hydrogen) atoms. The first-order valence-electron chi connectivity index (χ1n) is 4.96. The van der Waals surface area contributed by atoms with E-state index in [9.17, 15) is 22.0 Å². The monoisotopic (exact) mass is 232 g/mol. The molecule has 0 aliphatic carbocycles. The zero-order chi connectivity index (χ0) is 12.5. The highest BCUT2D eigenvalue weighted by Crippen LogP contribution is 2.49.